The largest absolute Gasteiger partial charge is 0.461 e. The van der Waals surface area contributed by atoms with Gasteiger partial charge < -0.3 is 24.7 Å². The van der Waals surface area contributed by atoms with Gasteiger partial charge in [0.05, 0.1) is 45.1 Å². The van der Waals surface area contributed by atoms with Crippen LogP contribution in [0.15, 0.2) is 18.2 Å². The highest BCUT2D eigenvalue weighted by Gasteiger charge is 2.27. The van der Waals surface area contributed by atoms with Gasteiger partial charge in [-0.25, -0.2) is 14.0 Å². The zero-order chi connectivity index (χ0) is 21.7. The normalized spacial score (nSPS) is 14.6. The van der Waals surface area contributed by atoms with Gasteiger partial charge in [-0.1, -0.05) is 0 Å². The maximum absolute atomic E-state index is 13.8. The molecule has 0 bridgehead atoms. The van der Waals surface area contributed by atoms with Crippen LogP contribution in [0.5, 0.6) is 0 Å². The van der Waals surface area contributed by atoms with Crippen LogP contribution in [0.4, 0.5) is 14.9 Å². The van der Waals surface area contributed by atoms with Gasteiger partial charge in [0.2, 0.25) is 0 Å². The molecule has 0 spiro atoms. The van der Waals surface area contributed by atoms with Gasteiger partial charge in [0.25, 0.3) is 5.91 Å². The molecule has 1 aliphatic heterocycles. The van der Waals surface area contributed by atoms with Gasteiger partial charge in [-0.3, -0.25) is 9.69 Å². The fourth-order valence-corrected chi connectivity index (χ4v) is 3.46. The number of hydrogen-bond acceptors (Lipinski definition) is 5. The summed E-state index contributed by atoms with van der Waals surface area (Å²) in [4.78, 5) is 42.2. The van der Waals surface area contributed by atoms with E-state index in [0.717, 1.165) is 4.90 Å². The number of ether oxygens (including phenoxy) is 2. The Morgan fingerprint density at radius 2 is 1.87 bits per heavy atom. The van der Waals surface area contributed by atoms with Crippen molar-refractivity contribution in [3.05, 3.63) is 29.7 Å². The standard InChI is InChI=1S/C20H25FN4O5/c1-3-29-19(27)18-17(14-11-13(21)5-6-15(14)22-18)23-16(26)12-24-7-9-25(10-8-24)20(28)30-4-2/h5-6,11,22H,3-4,7-10,12H2,1-2H3,(H,23,26)/p+1. The maximum Gasteiger partial charge on any atom is 0.410 e. The summed E-state index contributed by atoms with van der Waals surface area (Å²) in [6.07, 6.45) is -0.346. The molecule has 30 heavy (non-hydrogen) atoms. The van der Waals surface area contributed by atoms with E-state index in [2.05, 4.69) is 10.3 Å². The van der Waals surface area contributed by atoms with E-state index in [-0.39, 0.29) is 36.5 Å². The van der Waals surface area contributed by atoms with Gasteiger partial charge in [0.1, 0.15) is 11.5 Å². The molecular formula is C20H26FN4O5+. The summed E-state index contributed by atoms with van der Waals surface area (Å²) in [5.41, 5.74) is 0.801. The third kappa shape index (κ3) is 4.88. The van der Waals surface area contributed by atoms with Gasteiger partial charge in [-0.2, -0.15) is 0 Å². The van der Waals surface area contributed by atoms with Crippen molar-refractivity contribution in [1.29, 1.82) is 0 Å². The molecule has 3 rings (SSSR count). The van der Waals surface area contributed by atoms with Crippen LogP contribution < -0.4 is 10.2 Å². The van der Waals surface area contributed by atoms with Crippen molar-refractivity contribution in [3.8, 4) is 0 Å². The topological polar surface area (TPSA) is 105 Å². The maximum atomic E-state index is 13.8. The minimum Gasteiger partial charge on any atom is -0.461 e. The molecule has 0 atom stereocenters. The van der Waals surface area contributed by atoms with E-state index in [1.807, 2.05) is 0 Å². The van der Waals surface area contributed by atoms with Crippen LogP contribution in [-0.4, -0.2) is 73.8 Å². The van der Waals surface area contributed by atoms with Crippen molar-refractivity contribution in [2.75, 3.05) is 51.3 Å². The fraction of sp³-hybridized carbons (Fsp3) is 0.450. The second kappa shape index (κ2) is 9.57. The Labute approximate surface area is 173 Å². The number of esters is 1. The summed E-state index contributed by atoms with van der Waals surface area (Å²) in [6.45, 7) is 6.26. The van der Waals surface area contributed by atoms with E-state index >= 15 is 0 Å². The van der Waals surface area contributed by atoms with Crippen LogP contribution in [0.2, 0.25) is 0 Å². The number of hydrogen-bond donors (Lipinski definition) is 3. The first-order valence-electron chi connectivity index (χ1n) is 9.96. The summed E-state index contributed by atoms with van der Waals surface area (Å²) in [7, 11) is 0. The number of halogens is 1. The van der Waals surface area contributed by atoms with Crippen LogP contribution in [0.3, 0.4) is 0 Å². The molecule has 1 fully saturated rings. The fourth-order valence-electron chi connectivity index (χ4n) is 3.46. The molecule has 3 N–H and O–H groups in total. The van der Waals surface area contributed by atoms with Gasteiger partial charge in [-0.15, -0.1) is 0 Å². The van der Waals surface area contributed by atoms with Crippen LogP contribution in [0.1, 0.15) is 24.3 Å². The van der Waals surface area contributed by atoms with Crippen molar-refractivity contribution in [2.45, 2.75) is 13.8 Å². The SMILES string of the molecule is CCOC(=O)c1[nH]c2ccc(F)cc2c1NC(=O)C[NH+]1CCN(C(=O)OCC)CC1. The molecule has 1 aromatic carbocycles. The van der Waals surface area contributed by atoms with E-state index in [9.17, 15) is 18.8 Å². The highest BCUT2D eigenvalue weighted by Crippen LogP contribution is 2.29. The van der Waals surface area contributed by atoms with E-state index in [1.54, 1.807) is 18.7 Å². The number of quaternary nitrogens is 1. The Kier molecular flexibility index (Phi) is 6.88. The summed E-state index contributed by atoms with van der Waals surface area (Å²) >= 11 is 0. The second-order valence-electron chi connectivity index (χ2n) is 6.95. The molecule has 1 aromatic heterocycles. The molecule has 2 heterocycles. The monoisotopic (exact) mass is 421 g/mol. The molecule has 10 heteroatoms. The minimum absolute atomic E-state index is 0.0768. The molecule has 2 aromatic rings. The number of H-pyrrole nitrogens is 1. The molecule has 0 saturated carbocycles. The lowest BCUT2D eigenvalue weighted by molar-refractivity contribution is -0.895. The van der Waals surface area contributed by atoms with Crippen molar-refractivity contribution in [2.24, 2.45) is 0 Å². The predicted octanol–water partition coefficient (Wildman–Crippen LogP) is 0.779. The lowest BCUT2D eigenvalue weighted by Crippen LogP contribution is -3.15. The molecule has 9 nitrogen and oxygen atoms in total. The smallest absolute Gasteiger partial charge is 0.410 e. The molecule has 2 amide bonds. The molecular weight excluding hydrogens is 395 g/mol. The third-order valence-corrected chi connectivity index (χ3v) is 4.91. The number of rotatable bonds is 6. The zero-order valence-corrected chi connectivity index (χ0v) is 17.0. The van der Waals surface area contributed by atoms with Crippen molar-refractivity contribution in [1.82, 2.24) is 9.88 Å². The van der Waals surface area contributed by atoms with Crippen LogP contribution in [0.25, 0.3) is 10.9 Å². The molecule has 0 unspecified atom stereocenters. The first kappa shape index (κ1) is 21.6. The number of anilines is 1. The number of piperazine rings is 1. The Balaban J connectivity index is 1.69. The minimum atomic E-state index is -0.625. The van der Waals surface area contributed by atoms with E-state index in [1.165, 1.54) is 18.2 Å². The van der Waals surface area contributed by atoms with Gasteiger partial charge in [0.15, 0.2) is 6.54 Å². The number of nitrogens with zero attached hydrogens (tertiary/aromatic N) is 1. The average molecular weight is 421 g/mol. The molecule has 1 aliphatic rings. The third-order valence-electron chi connectivity index (χ3n) is 4.91. The number of aromatic nitrogens is 1. The summed E-state index contributed by atoms with van der Waals surface area (Å²) in [5, 5.41) is 3.13. The van der Waals surface area contributed by atoms with Crippen molar-refractivity contribution < 1.29 is 33.1 Å². The Morgan fingerprint density at radius 3 is 2.53 bits per heavy atom. The summed E-state index contributed by atoms with van der Waals surface area (Å²) in [6, 6.07) is 4.03. The molecule has 162 valence electrons. The Morgan fingerprint density at radius 1 is 1.17 bits per heavy atom. The van der Waals surface area contributed by atoms with Crippen molar-refractivity contribution in [3.63, 3.8) is 0 Å². The lowest BCUT2D eigenvalue weighted by atomic mass is 10.2. The summed E-state index contributed by atoms with van der Waals surface area (Å²) < 4.78 is 23.8. The van der Waals surface area contributed by atoms with Crippen LogP contribution in [-0.2, 0) is 14.3 Å². The first-order valence-corrected chi connectivity index (χ1v) is 9.96. The van der Waals surface area contributed by atoms with E-state index in [0.29, 0.717) is 43.7 Å². The molecule has 0 radical (unpaired) electrons. The number of benzene rings is 1. The van der Waals surface area contributed by atoms with Gasteiger partial charge in [0, 0.05) is 10.9 Å². The Bertz CT molecular complexity index is 937. The van der Waals surface area contributed by atoms with Crippen LogP contribution >= 0.6 is 0 Å². The highest BCUT2D eigenvalue weighted by molar-refractivity contribution is 6.11. The number of carbonyl (C=O) groups excluding carboxylic acids is 3. The van der Waals surface area contributed by atoms with E-state index in [4.69, 9.17) is 9.47 Å². The quantitative estimate of drug-likeness (QED) is 0.598. The lowest BCUT2D eigenvalue weighted by Gasteiger charge is -2.31. The van der Waals surface area contributed by atoms with Crippen LogP contribution in [0, 0.1) is 5.82 Å². The van der Waals surface area contributed by atoms with E-state index < -0.39 is 11.8 Å². The van der Waals surface area contributed by atoms with Crippen molar-refractivity contribution >= 4 is 34.6 Å². The number of aromatic amines is 1. The van der Waals surface area contributed by atoms with Gasteiger partial charge in [-0.05, 0) is 32.0 Å². The molecule has 1 saturated heterocycles. The predicted molar refractivity (Wildman–Crippen MR) is 107 cm³/mol. The zero-order valence-electron chi connectivity index (χ0n) is 17.0. The first-order chi connectivity index (χ1) is 14.4. The molecule has 0 aliphatic carbocycles. The van der Waals surface area contributed by atoms with Gasteiger partial charge >= 0.3 is 12.1 Å². The highest BCUT2D eigenvalue weighted by atomic mass is 19.1. The average Bonchev–Trinajstić information content (AvgIpc) is 3.06. The summed E-state index contributed by atoms with van der Waals surface area (Å²) in [5.74, 6) is -1.42. The number of nitrogens with one attached hydrogen (secondary N) is 3. The second-order valence-corrected chi connectivity index (χ2v) is 6.95. The number of fused-ring (bicyclic) bond motifs is 1. The number of carbonyl (C=O) groups is 3. The Hall–Kier alpha value is -3.14. The number of amides is 2.